The first-order valence-corrected chi connectivity index (χ1v) is 9.45. The van der Waals surface area contributed by atoms with Gasteiger partial charge in [-0.2, -0.15) is 0 Å². The standard InChI is InChI=1S/C20H29NO2.BrH/c22-20(15-21-13-5-4-8-19(21)14-23-20)18-11-9-17(10-12-18)16-6-2-1-3-7-16;/h9-12,16,19,22H,1-8,13-15H2;1H. The van der Waals surface area contributed by atoms with Crippen LogP contribution in [0.15, 0.2) is 24.3 Å². The molecule has 0 aromatic heterocycles. The Morgan fingerprint density at radius 1 is 0.958 bits per heavy atom. The van der Waals surface area contributed by atoms with E-state index in [1.807, 2.05) is 0 Å². The van der Waals surface area contributed by atoms with Gasteiger partial charge in [-0.15, -0.1) is 17.0 Å². The average Bonchev–Trinajstić information content (AvgIpc) is 2.62. The molecule has 1 saturated carbocycles. The van der Waals surface area contributed by atoms with Crippen LogP contribution in [-0.2, 0) is 10.5 Å². The largest absolute Gasteiger partial charge is 0.361 e. The van der Waals surface area contributed by atoms with Crippen molar-refractivity contribution in [3.63, 3.8) is 0 Å². The fourth-order valence-corrected chi connectivity index (χ4v) is 4.64. The molecule has 0 bridgehead atoms. The van der Waals surface area contributed by atoms with Crippen molar-refractivity contribution in [3.05, 3.63) is 35.4 Å². The van der Waals surface area contributed by atoms with Crippen LogP contribution >= 0.6 is 17.0 Å². The first kappa shape index (κ1) is 18.4. The van der Waals surface area contributed by atoms with E-state index in [0.717, 1.165) is 12.1 Å². The maximum Gasteiger partial charge on any atom is 0.205 e. The number of halogens is 1. The van der Waals surface area contributed by atoms with E-state index in [1.165, 1.54) is 56.9 Å². The normalized spacial score (nSPS) is 32.0. The summed E-state index contributed by atoms with van der Waals surface area (Å²) in [5.41, 5.74) is 2.35. The van der Waals surface area contributed by atoms with E-state index in [2.05, 4.69) is 29.2 Å². The predicted octanol–water partition coefficient (Wildman–Crippen LogP) is 4.34. The summed E-state index contributed by atoms with van der Waals surface area (Å²) in [6.07, 6.45) is 10.5. The minimum absolute atomic E-state index is 0. The lowest BCUT2D eigenvalue weighted by molar-refractivity contribution is -0.264. The number of piperidine rings is 1. The molecule has 3 nitrogen and oxygen atoms in total. The number of ether oxygens (including phenoxy) is 1. The minimum Gasteiger partial charge on any atom is -0.361 e. The van der Waals surface area contributed by atoms with Crippen LogP contribution in [0.25, 0.3) is 0 Å². The predicted molar refractivity (Wildman–Crippen MR) is 102 cm³/mol. The highest BCUT2D eigenvalue weighted by molar-refractivity contribution is 8.93. The zero-order chi connectivity index (χ0) is 15.7. The Morgan fingerprint density at radius 3 is 2.42 bits per heavy atom. The Hall–Kier alpha value is -0.420. The second-order valence-corrected chi connectivity index (χ2v) is 7.67. The number of fused-ring (bicyclic) bond motifs is 1. The first-order chi connectivity index (χ1) is 11.2. The summed E-state index contributed by atoms with van der Waals surface area (Å²) >= 11 is 0. The van der Waals surface area contributed by atoms with Crippen LogP contribution < -0.4 is 0 Å². The Kier molecular flexibility index (Phi) is 6.02. The fraction of sp³-hybridized carbons (Fsp3) is 0.700. The molecule has 0 radical (unpaired) electrons. The molecule has 2 heterocycles. The maximum absolute atomic E-state index is 11.0. The molecule has 2 aliphatic heterocycles. The molecule has 1 aromatic carbocycles. The van der Waals surface area contributed by atoms with Gasteiger partial charge in [-0.3, -0.25) is 4.90 Å². The lowest BCUT2D eigenvalue weighted by Gasteiger charge is -2.46. The van der Waals surface area contributed by atoms with Gasteiger partial charge in [0.05, 0.1) is 13.2 Å². The van der Waals surface area contributed by atoms with Crippen LogP contribution in [0.1, 0.15) is 68.4 Å². The van der Waals surface area contributed by atoms with E-state index in [1.54, 1.807) is 0 Å². The number of benzene rings is 1. The lowest BCUT2D eigenvalue weighted by atomic mass is 9.83. The highest BCUT2D eigenvalue weighted by atomic mass is 79.9. The molecule has 0 spiro atoms. The molecular formula is C20H30BrNO2. The van der Waals surface area contributed by atoms with Crippen LogP contribution in [0.5, 0.6) is 0 Å². The van der Waals surface area contributed by atoms with Crippen LogP contribution in [0.2, 0.25) is 0 Å². The summed E-state index contributed by atoms with van der Waals surface area (Å²) in [5.74, 6) is -0.412. The molecule has 3 fully saturated rings. The van der Waals surface area contributed by atoms with Crippen molar-refractivity contribution in [2.75, 3.05) is 19.7 Å². The molecule has 1 N–H and O–H groups in total. The van der Waals surface area contributed by atoms with Gasteiger partial charge >= 0.3 is 0 Å². The van der Waals surface area contributed by atoms with Crippen LogP contribution in [0, 0.1) is 0 Å². The highest BCUT2D eigenvalue weighted by Gasteiger charge is 2.41. The molecule has 2 unspecified atom stereocenters. The van der Waals surface area contributed by atoms with Crippen molar-refractivity contribution in [1.82, 2.24) is 4.90 Å². The number of hydrogen-bond acceptors (Lipinski definition) is 3. The number of nitrogens with zero attached hydrogens (tertiary/aromatic N) is 1. The molecular weight excluding hydrogens is 366 g/mol. The highest BCUT2D eigenvalue weighted by Crippen LogP contribution is 2.36. The zero-order valence-electron chi connectivity index (χ0n) is 14.5. The van der Waals surface area contributed by atoms with Crippen molar-refractivity contribution in [3.8, 4) is 0 Å². The van der Waals surface area contributed by atoms with Gasteiger partial charge in [0.2, 0.25) is 5.79 Å². The van der Waals surface area contributed by atoms with Gasteiger partial charge in [0.15, 0.2) is 0 Å². The Bertz CT molecular complexity index is 529. The summed E-state index contributed by atoms with van der Waals surface area (Å²) < 4.78 is 5.92. The van der Waals surface area contributed by atoms with Crippen molar-refractivity contribution >= 4 is 17.0 Å². The van der Waals surface area contributed by atoms with Gasteiger partial charge in [-0.1, -0.05) is 49.9 Å². The third kappa shape index (κ3) is 3.72. The number of rotatable bonds is 2. The second-order valence-electron chi connectivity index (χ2n) is 7.67. The molecule has 4 heteroatoms. The summed E-state index contributed by atoms with van der Waals surface area (Å²) in [6, 6.07) is 9.12. The van der Waals surface area contributed by atoms with Gasteiger partial charge in [0, 0.05) is 11.6 Å². The fourth-order valence-electron chi connectivity index (χ4n) is 4.64. The first-order valence-electron chi connectivity index (χ1n) is 9.45. The van der Waals surface area contributed by atoms with Crippen molar-refractivity contribution < 1.29 is 9.84 Å². The Morgan fingerprint density at radius 2 is 1.67 bits per heavy atom. The van der Waals surface area contributed by atoms with Crippen LogP contribution in [0.3, 0.4) is 0 Å². The van der Waals surface area contributed by atoms with E-state index in [4.69, 9.17) is 4.74 Å². The SMILES string of the molecule is Br.OC1(c2ccc(C3CCCCC3)cc2)CN2CCCCC2CO1. The summed E-state index contributed by atoms with van der Waals surface area (Å²) in [5, 5.41) is 11.0. The van der Waals surface area contributed by atoms with E-state index in [-0.39, 0.29) is 17.0 Å². The molecule has 4 rings (SSSR count). The summed E-state index contributed by atoms with van der Waals surface area (Å²) in [6.45, 7) is 2.36. The molecule has 1 aliphatic carbocycles. The van der Waals surface area contributed by atoms with Crippen molar-refractivity contribution in [2.45, 2.75) is 69.1 Å². The molecule has 2 saturated heterocycles. The molecule has 3 aliphatic rings. The summed E-state index contributed by atoms with van der Waals surface area (Å²) in [4.78, 5) is 2.42. The molecule has 0 amide bonds. The van der Waals surface area contributed by atoms with E-state index in [9.17, 15) is 5.11 Å². The summed E-state index contributed by atoms with van der Waals surface area (Å²) in [7, 11) is 0. The number of aliphatic hydroxyl groups is 1. The van der Waals surface area contributed by atoms with Gasteiger partial charge < -0.3 is 9.84 Å². The maximum atomic E-state index is 11.0. The molecule has 24 heavy (non-hydrogen) atoms. The number of morpholine rings is 1. The minimum atomic E-state index is -1.13. The third-order valence-electron chi connectivity index (χ3n) is 6.12. The van der Waals surface area contributed by atoms with Crippen molar-refractivity contribution in [1.29, 1.82) is 0 Å². The Balaban J connectivity index is 0.00000169. The Labute approximate surface area is 156 Å². The number of hydrogen-bond donors (Lipinski definition) is 1. The van der Waals surface area contributed by atoms with E-state index >= 15 is 0 Å². The zero-order valence-corrected chi connectivity index (χ0v) is 16.2. The van der Waals surface area contributed by atoms with Gasteiger partial charge in [-0.05, 0) is 43.7 Å². The smallest absolute Gasteiger partial charge is 0.205 e. The molecule has 134 valence electrons. The van der Waals surface area contributed by atoms with E-state index < -0.39 is 5.79 Å². The molecule has 1 aromatic rings. The average molecular weight is 396 g/mol. The lowest BCUT2D eigenvalue weighted by Crippen LogP contribution is -2.56. The van der Waals surface area contributed by atoms with Gasteiger partial charge in [0.1, 0.15) is 0 Å². The third-order valence-corrected chi connectivity index (χ3v) is 6.12. The van der Waals surface area contributed by atoms with Crippen LogP contribution in [-0.4, -0.2) is 35.7 Å². The quantitative estimate of drug-likeness (QED) is 0.807. The van der Waals surface area contributed by atoms with Crippen LogP contribution in [0.4, 0.5) is 0 Å². The van der Waals surface area contributed by atoms with Crippen molar-refractivity contribution in [2.24, 2.45) is 0 Å². The topological polar surface area (TPSA) is 32.7 Å². The second kappa shape index (κ2) is 7.86. The van der Waals surface area contributed by atoms with Gasteiger partial charge in [0.25, 0.3) is 0 Å². The molecule has 2 atom stereocenters. The monoisotopic (exact) mass is 395 g/mol. The van der Waals surface area contributed by atoms with Gasteiger partial charge in [-0.25, -0.2) is 0 Å². The van der Waals surface area contributed by atoms with E-state index in [0.29, 0.717) is 25.1 Å².